The van der Waals surface area contributed by atoms with Crippen molar-refractivity contribution >= 4 is 0 Å². The molecule has 0 N–H and O–H groups in total. The topological polar surface area (TPSA) is 11.3 Å². The van der Waals surface area contributed by atoms with Crippen LogP contribution in [0.2, 0.25) is 0 Å². The van der Waals surface area contributed by atoms with Crippen LogP contribution in [-0.2, 0) is 12.8 Å². The van der Waals surface area contributed by atoms with Gasteiger partial charge in [0.15, 0.2) is 0 Å². The van der Waals surface area contributed by atoms with Crippen molar-refractivity contribution in [1.82, 2.24) is 0 Å². The van der Waals surface area contributed by atoms with Crippen LogP contribution in [0.15, 0.2) is 41.9 Å². The molecule has 68 valence electrons. The average Bonchev–Trinajstić information content (AvgIpc) is 2.04. The monoisotopic (exact) mass is 175 g/mol. The molecule has 0 saturated heterocycles. The van der Waals surface area contributed by atoms with Crippen molar-refractivity contribution in [2.24, 2.45) is 0 Å². The van der Waals surface area contributed by atoms with Crippen molar-refractivity contribution in [1.29, 1.82) is 0 Å². The summed E-state index contributed by atoms with van der Waals surface area (Å²) in [6, 6.07) is 4.07. The van der Waals surface area contributed by atoms with E-state index in [2.05, 4.69) is 20.1 Å². The summed E-state index contributed by atoms with van der Waals surface area (Å²) >= 11 is 0. The molecule has 1 aromatic rings. The molecule has 0 aliphatic rings. The molecule has 1 nitrogen and oxygen atoms in total. The molecule has 0 amide bonds. The lowest BCUT2D eigenvalue weighted by Gasteiger charge is -1.90. The normalized spacial score (nSPS) is 9.62. The van der Waals surface area contributed by atoms with E-state index in [1.165, 1.54) is 5.56 Å². The zero-order valence-electron chi connectivity index (χ0n) is 8.05. The molecule has 1 heteroatoms. The summed E-state index contributed by atoms with van der Waals surface area (Å²) in [6.45, 7) is 9.43. The van der Waals surface area contributed by atoms with E-state index < -0.39 is 0 Å². The lowest BCUT2D eigenvalue weighted by molar-refractivity contribution is 0.465. The zero-order valence-corrected chi connectivity index (χ0v) is 8.05. The summed E-state index contributed by atoms with van der Waals surface area (Å²) in [6.07, 6.45) is 5.25. The van der Waals surface area contributed by atoms with Crippen LogP contribution in [0.5, 0.6) is 0 Å². The van der Waals surface area contributed by atoms with E-state index in [1.54, 1.807) is 0 Å². The summed E-state index contributed by atoms with van der Waals surface area (Å²) in [5.41, 5.74) is 1.22. The molecule has 1 heterocycles. The quantitative estimate of drug-likeness (QED) is 0.504. The molecule has 0 fully saturated rings. The predicted molar refractivity (Wildman–Crippen MR) is 55.7 cm³/mol. The van der Waals surface area contributed by atoms with Gasteiger partial charge in [0, 0.05) is 12.1 Å². The van der Waals surface area contributed by atoms with E-state index in [0.717, 1.165) is 24.4 Å². The molecular formula is C12H15O+. The number of aryl methyl sites for hydroxylation is 1. The van der Waals surface area contributed by atoms with Gasteiger partial charge in [-0.05, 0) is 12.5 Å². The maximum absolute atomic E-state index is 5.60. The second-order valence-corrected chi connectivity index (χ2v) is 3.05. The lowest BCUT2D eigenvalue weighted by Crippen LogP contribution is -1.88. The first-order chi connectivity index (χ1) is 6.26. The fraction of sp³-hybridized carbons (Fsp3) is 0.250. The Kier molecular flexibility index (Phi) is 3.44. The van der Waals surface area contributed by atoms with Crippen LogP contribution < -0.4 is 0 Å². The van der Waals surface area contributed by atoms with Gasteiger partial charge < -0.3 is 0 Å². The Morgan fingerprint density at radius 1 is 1.15 bits per heavy atom. The Labute approximate surface area is 79.4 Å². The molecule has 0 spiro atoms. The Morgan fingerprint density at radius 3 is 2.00 bits per heavy atom. The van der Waals surface area contributed by atoms with Gasteiger partial charge in [-0.2, -0.15) is 0 Å². The van der Waals surface area contributed by atoms with Gasteiger partial charge in [0.25, 0.3) is 0 Å². The second kappa shape index (κ2) is 4.61. The van der Waals surface area contributed by atoms with E-state index in [-0.39, 0.29) is 0 Å². The van der Waals surface area contributed by atoms with E-state index in [1.807, 2.05) is 24.3 Å². The van der Waals surface area contributed by atoms with E-state index in [9.17, 15) is 0 Å². The Bertz CT molecular complexity index is 285. The third-order valence-corrected chi connectivity index (χ3v) is 1.73. The molecule has 1 aromatic heterocycles. The largest absolute Gasteiger partial charge is 0.333 e. The number of hydrogen-bond acceptors (Lipinski definition) is 0. The highest BCUT2D eigenvalue weighted by atomic mass is 16.3. The van der Waals surface area contributed by atoms with Gasteiger partial charge in [0.1, 0.15) is 0 Å². The van der Waals surface area contributed by atoms with Crippen molar-refractivity contribution < 1.29 is 4.42 Å². The van der Waals surface area contributed by atoms with Crippen molar-refractivity contribution in [2.75, 3.05) is 0 Å². The lowest BCUT2D eigenvalue weighted by atomic mass is 10.2. The smallest absolute Gasteiger partial charge is 0.217 e. The number of hydrogen-bond donors (Lipinski definition) is 0. The summed E-state index contributed by atoms with van der Waals surface area (Å²) in [7, 11) is 0. The van der Waals surface area contributed by atoms with Gasteiger partial charge >= 0.3 is 11.5 Å². The van der Waals surface area contributed by atoms with Gasteiger partial charge in [-0.3, -0.25) is 0 Å². The summed E-state index contributed by atoms with van der Waals surface area (Å²) in [5, 5.41) is 0. The van der Waals surface area contributed by atoms with Gasteiger partial charge in [-0.1, -0.05) is 12.2 Å². The molecule has 0 aromatic carbocycles. The summed E-state index contributed by atoms with van der Waals surface area (Å²) < 4.78 is 5.60. The van der Waals surface area contributed by atoms with Crippen molar-refractivity contribution in [2.45, 2.75) is 19.8 Å². The molecule has 0 unspecified atom stereocenters. The average molecular weight is 175 g/mol. The maximum Gasteiger partial charge on any atom is 0.333 e. The van der Waals surface area contributed by atoms with Crippen LogP contribution in [0.4, 0.5) is 0 Å². The molecule has 0 aliphatic heterocycles. The van der Waals surface area contributed by atoms with Crippen molar-refractivity contribution in [3.63, 3.8) is 0 Å². The minimum absolute atomic E-state index is 0.784. The van der Waals surface area contributed by atoms with Crippen LogP contribution in [0.1, 0.15) is 17.1 Å². The van der Waals surface area contributed by atoms with Crippen molar-refractivity contribution in [3.05, 3.63) is 54.5 Å². The van der Waals surface area contributed by atoms with Crippen LogP contribution >= 0.6 is 0 Å². The van der Waals surface area contributed by atoms with E-state index >= 15 is 0 Å². The van der Waals surface area contributed by atoms with Crippen LogP contribution in [0.25, 0.3) is 0 Å². The van der Waals surface area contributed by atoms with E-state index in [4.69, 9.17) is 4.42 Å². The first-order valence-electron chi connectivity index (χ1n) is 4.40. The standard InChI is InChI=1S/C12H15O/c1-4-6-11-8-10(3)9-12(13-11)7-5-2/h4-5,8-9H,1-2,6-7H2,3H3/q+1. The first-order valence-corrected chi connectivity index (χ1v) is 4.40. The fourth-order valence-corrected chi connectivity index (χ4v) is 1.26. The zero-order chi connectivity index (χ0) is 9.68. The molecule has 0 saturated carbocycles. The maximum atomic E-state index is 5.60. The third-order valence-electron chi connectivity index (χ3n) is 1.73. The first kappa shape index (κ1) is 9.72. The van der Waals surface area contributed by atoms with Crippen molar-refractivity contribution in [3.8, 4) is 0 Å². The van der Waals surface area contributed by atoms with Crippen LogP contribution in [0.3, 0.4) is 0 Å². The van der Waals surface area contributed by atoms with Gasteiger partial charge in [-0.15, -0.1) is 13.2 Å². The molecule has 0 radical (unpaired) electrons. The van der Waals surface area contributed by atoms with Gasteiger partial charge in [0.05, 0.1) is 12.8 Å². The summed E-state index contributed by atoms with van der Waals surface area (Å²) in [4.78, 5) is 0. The highest BCUT2D eigenvalue weighted by Crippen LogP contribution is 2.11. The van der Waals surface area contributed by atoms with Gasteiger partial charge in [0.2, 0.25) is 0 Å². The van der Waals surface area contributed by atoms with Gasteiger partial charge in [-0.25, -0.2) is 4.42 Å². The third kappa shape index (κ3) is 2.86. The molecule has 13 heavy (non-hydrogen) atoms. The Balaban J connectivity index is 2.95. The fourth-order valence-electron chi connectivity index (χ4n) is 1.26. The highest BCUT2D eigenvalue weighted by molar-refractivity contribution is 5.18. The number of rotatable bonds is 4. The summed E-state index contributed by atoms with van der Waals surface area (Å²) in [5.74, 6) is 1.93. The highest BCUT2D eigenvalue weighted by Gasteiger charge is 2.11. The Hall–Kier alpha value is -1.37. The second-order valence-electron chi connectivity index (χ2n) is 3.05. The minimum Gasteiger partial charge on any atom is -0.217 e. The molecular weight excluding hydrogens is 160 g/mol. The molecule has 1 rings (SSSR count). The number of allylic oxidation sites excluding steroid dienone is 2. The molecule has 0 atom stereocenters. The predicted octanol–water partition coefficient (Wildman–Crippen LogP) is 3.33. The van der Waals surface area contributed by atoms with E-state index in [0.29, 0.717) is 0 Å². The van der Waals surface area contributed by atoms with Crippen LogP contribution in [0, 0.1) is 6.92 Å². The SMILES string of the molecule is C=CCc1cc(C)cc(CC=C)[o+]1. The minimum atomic E-state index is 0.784. The molecule has 0 bridgehead atoms. The molecule has 0 aliphatic carbocycles. The Morgan fingerprint density at radius 2 is 1.62 bits per heavy atom. The van der Waals surface area contributed by atoms with Crippen LogP contribution in [-0.4, -0.2) is 0 Å².